The summed E-state index contributed by atoms with van der Waals surface area (Å²) < 4.78 is 4.54. The fraction of sp³-hybridized carbons (Fsp3) is 0.304. The lowest BCUT2D eigenvalue weighted by atomic mass is 10.2. The van der Waals surface area contributed by atoms with Crippen molar-refractivity contribution in [2.75, 3.05) is 19.0 Å². The third-order valence-electron chi connectivity index (χ3n) is 3.12. The van der Waals surface area contributed by atoms with Crippen molar-refractivity contribution in [3.8, 4) is 11.3 Å². The number of benzene rings is 2. The van der Waals surface area contributed by atoms with Crippen LogP contribution in [-0.4, -0.2) is 24.6 Å². The summed E-state index contributed by atoms with van der Waals surface area (Å²) in [6, 6.07) is 19.0. The van der Waals surface area contributed by atoms with Crippen LogP contribution < -0.4 is 5.32 Å². The van der Waals surface area contributed by atoms with Crippen molar-refractivity contribution in [3.05, 3.63) is 71.6 Å². The maximum absolute atomic E-state index is 12.0. The maximum Gasteiger partial charge on any atom is 0.257 e. The number of ether oxygens (including phenoxy) is 1. The highest BCUT2D eigenvalue weighted by Gasteiger charge is 2.09. The van der Waals surface area contributed by atoms with Crippen molar-refractivity contribution in [3.63, 3.8) is 0 Å². The molecule has 152 valence electrons. The molecule has 0 saturated carbocycles. The number of thiazole rings is 1. The third kappa shape index (κ3) is 9.44. The van der Waals surface area contributed by atoms with Crippen LogP contribution >= 0.6 is 11.3 Å². The SMILES string of the molecule is CC.CC.CCOC.O=C(Nc1nc(-c2ccccc2)cs1)c1ccccc1. The number of nitrogens with one attached hydrogen (secondary N) is 1. The molecule has 0 aliphatic heterocycles. The van der Waals surface area contributed by atoms with E-state index in [4.69, 9.17) is 0 Å². The van der Waals surface area contributed by atoms with Gasteiger partial charge < -0.3 is 4.74 Å². The Balaban J connectivity index is 0.000000797. The van der Waals surface area contributed by atoms with E-state index in [9.17, 15) is 4.79 Å². The topological polar surface area (TPSA) is 51.2 Å². The quantitative estimate of drug-likeness (QED) is 0.526. The van der Waals surface area contributed by atoms with Gasteiger partial charge >= 0.3 is 0 Å². The number of aromatic nitrogens is 1. The van der Waals surface area contributed by atoms with Crippen molar-refractivity contribution in [1.29, 1.82) is 0 Å². The lowest BCUT2D eigenvalue weighted by molar-refractivity contribution is 0.102. The van der Waals surface area contributed by atoms with Gasteiger partial charge in [-0.25, -0.2) is 4.98 Å². The number of nitrogens with zero attached hydrogens (tertiary/aromatic N) is 1. The minimum absolute atomic E-state index is 0.139. The Labute approximate surface area is 173 Å². The van der Waals surface area contributed by atoms with E-state index < -0.39 is 0 Å². The fourth-order valence-electron chi connectivity index (χ4n) is 1.83. The molecule has 0 aliphatic rings. The first-order valence-electron chi connectivity index (χ1n) is 9.61. The Hall–Kier alpha value is -2.50. The van der Waals surface area contributed by atoms with Crippen LogP contribution in [0.3, 0.4) is 0 Å². The minimum Gasteiger partial charge on any atom is -0.385 e. The Morgan fingerprint density at radius 1 is 0.964 bits per heavy atom. The smallest absolute Gasteiger partial charge is 0.257 e. The summed E-state index contributed by atoms with van der Waals surface area (Å²) in [5.74, 6) is -0.139. The summed E-state index contributed by atoms with van der Waals surface area (Å²) in [7, 11) is 1.68. The number of carbonyl (C=O) groups is 1. The molecule has 1 N–H and O–H groups in total. The molecule has 2 aromatic carbocycles. The highest BCUT2D eigenvalue weighted by Crippen LogP contribution is 2.24. The molecule has 0 fully saturated rings. The molecule has 0 aliphatic carbocycles. The molecular formula is C23H32N2O2S. The first kappa shape index (κ1) is 25.5. The van der Waals surface area contributed by atoms with Gasteiger partial charge in [0.25, 0.3) is 5.91 Å². The summed E-state index contributed by atoms with van der Waals surface area (Å²) in [6.07, 6.45) is 0. The molecule has 1 aromatic heterocycles. The second kappa shape index (κ2) is 16.7. The molecule has 1 heterocycles. The lowest BCUT2D eigenvalue weighted by Crippen LogP contribution is -2.11. The number of hydrogen-bond acceptors (Lipinski definition) is 4. The minimum atomic E-state index is -0.139. The average molecular weight is 401 g/mol. The highest BCUT2D eigenvalue weighted by atomic mass is 32.1. The van der Waals surface area contributed by atoms with Gasteiger partial charge in [0, 0.05) is 30.2 Å². The number of methoxy groups -OCH3 is 1. The zero-order chi connectivity index (χ0) is 21.2. The third-order valence-corrected chi connectivity index (χ3v) is 3.88. The van der Waals surface area contributed by atoms with Gasteiger partial charge in [-0.05, 0) is 19.1 Å². The van der Waals surface area contributed by atoms with Crippen molar-refractivity contribution < 1.29 is 9.53 Å². The largest absolute Gasteiger partial charge is 0.385 e. The van der Waals surface area contributed by atoms with Crippen LogP contribution in [0.1, 0.15) is 45.0 Å². The highest BCUT2D eigenvalue weighted by molar-refractivity contribution is 7.14. The molecule has 5 heteroatoms. The average Bonchev–Trinajstić information content (AvgIpc) is 3.26. The maximum atomic E-state index is 12.0. The van der Waals surface area contributed by atoms with Gasteiger partial charge in [-0.3, -0.25) is 10.1 Å². The Morgan fingerprint density at radius 3 is 1.96 bits per heavy atom. The normalized spacial score (nSPS) is 8.79. The zero-order valence-corrected chi connectivity index (χ0v) is 18.5. The first-order chi connectivity index (χ1) is 13.7. The van der Waals surface area contributed by atoms with Gasteiger partial charge in [-0.1, -0.05) is 76.2 Å². The van der Waals surface area contributed by atoms with Crippen LogP contribution in [0.4, 0.5) is 5.13 Å². The van der Waals surface area contributed by atoms with Gasteiger partial charge in [0.2, 0.25) is 0 Å². The Kier molecular flexibility index (Phi) is 15.2. The number of anilines is 1. The second-order valence-corrected chi connectivity index (χ2v) is 5.66. The number of amides is 1. The number of rotatable bonds is 4. The molecule has 3 aromatic rings. The molecule has 4 nitrogen and oxygen atoms in total. The van der Waals surface area contributed by atoms with E-state index in [2.05, 4.69) is 15.0 Å². The van der Waals surface area contributed by atoms with Crippen LogP contribution in [0.5, 0.6) is 0 Å². The van der Waals surface area contributed by atoms with Gasteiger partial charge in [-0.2, -0.15) is 0 Å². The fourth-order valence-corrected chi connectivity index (χ4v) is 2.55. The van der Waals surface area contributed by atoms with E-state index in [0.29, 0.717) is 10.7 Å². The summed E-state index contributed by atoms with van der Waals surface area (Å²) in [6.45, 7) is 10.8. The van der Waals surface area contributed by atoms with Crippen LogP contribution in [0, 0.1) is 0 Å². The zero-order valence-electron chi connectivity index (χ0n) is 17.7. The van der Waals surface area contributed by atoms with Crippen molar-refractivity contribution in [2.45, 2.75) is 34.6 Å². The monoisotopic (exact) mass is 400 g/mol. The van der Waals surface area contributed by atoms with Crippen molar-refractivity contribution >= 4 is 22.4 Å². The summed E-state index contributed by atoms with van der Waals surface area (Å²) in [4.78, 5) is 16.4. The van der Waals surface area contributed by atoms with E-state index in [-0.39, 0.29) is 5.91 Å². The van der Waals surface area contributed by atoms with Crippen molar-refractivity contribution in [1.82, 2.24) is 4.98 Å². The van der Waals surface area contributed by atoms with Crippen LogP contribution in [-0.2, 0) is 4.74 Å². The standard InChI is InChI=1S/C16H12N2OS.C3H8O.2C2H6/c19-15(13-9-5-2-6-10-13)18-16-17-14(11-20-16)12-7-3-1-4-8-12;1-3-4-2;2*1-2/h1-11H,(H,17,18,19);3H2,1-2H3;2*1-2H3. The van der Waals surface area contributed by atoms with Crippen LogP contribution in [0.2, 0.25) is 0 Å². The van der Waals surface area contributed by atoms with E-state index in [1.807, 2.05) is 88.5 Å². The molecule has 0 spiro atoms. The number of carbonyl (C=O) groups excluding carboxylic acids is 1. The molecule has 0 bridgehead atoms. The summed E-state index contributed by atoms with van der Waals surface area (Å²) in [5.41, 5.74) is 2.55. The predicted molar refractivity (Wildman–Crippen MR) is 122 cm³/mol. The molecule has 0 radical (unpaired) electrons. The molecule has 0 saturated heterocycles. The van der Waals surface area contributed by atoms with E-state index in [1.165, 1.54) is 11.3 Å². The Bertz CT molecular complexity index is 742. The molecule has 28 heavy (non-hydrogen) atoms. The summed E-state index contributed by atoms with van der Waals surface area (Å²) in [5, 5.41) is 5.37. The molecule has 3 rings (SSSR count). The van der Waals surface area contributed by atoms with Gasteiger partial charge in [0.15, 0.2) is 5.13 Å². The second-order valence-electron chi connectivity index (χ2n) is 4.80. The lowest BCUT2D eigenvalue weighted by Gasteiger charge is -2.00. The Morgan fingerprint density at radius 2 is 1.46 bits per heavy atom. The van der Waals surface area contributed by atoms with E-state index in [0.717, 1.165) is 17.9 Å². The van der Waals surface area contributed by atoms with Gasteiger partial charge in [0.1, 0.15) is 0 Å². The van der Waals surface area contributed by atoms with Crippen LogP contribution in [0.25, 0.3) is 11.3 Å². The van der Waals surface area contributed by atoms with E-state index >= 15 is 0 Å². The molecule has 1 amide bonds. The summed E-state index contributed by atoms with van der Waals surface area (Å²) >= 11 is 1.42. The van der Waals surface area contributed by atoms with Gasteiger partial charge in [0.05, 0.1) is 5.69 Å². The first-order valence-corrected chi connectivity index (χ1v) is 10.5. The predicted octanol–water partition coefficient (Wildman–Crippen LogP) is 6.77. The molecule has 0 unspecified atom stereocenters. The van der Waals surface area contributed by atoms with Gasteiger partial charge in [-0.15, -0.1) is 11.3 Å². The van der Waals surface area contributed by atoms with E-state index in [1.54, 1.807) is 19.2 Å². The van der Waals surface area contributed by atoms with Crippen LogP contribution in [0.15, 0.2) is 66.0 Å². The molecular weight excluding hydrogens is 368 g/mol. The van der Waals surface area contributed by atoms with Crippen molar-refractivity contribution in [2.24, 2.45) is 0 Å². The molecule has 0 atom stereocenters. The number of hydrogen-bond donors (Lipinski definition) is 1.